The number of sulfone groups is 1. The number of carbonyl (C=O) groups is 2. The molecule has 11 heteroatoms. The Hall–Kier alpha value is -2.83. The van der Waals surface area contributed by atoms with E-state index >= 15 is 0 Å². The van der Waals surface area contributed by atoms with Gasteiger partial charge in [-0.05, 0) is 31.3 Å². The van der Waals surface area contributed by atoms with E-state index in [9.17, 15) is 28.2 Å². The highest BCUT2D eigenvalue weighted by Gasteiger charge is 2.48. The third-order valence-corrected chi connectivity index (χ3v) is 8.28. The van der Waals surface area contributed by atoms with Crippen LogP contribution in [0.2, 0.25) is 0 Å². The van der Waals surface area contributed by atoms with Gasteiger partial charge in [-0.3, -0.25) is 14.6 Å². The molecule has 0 aromatic carbocycles. The molecule has 1 aliphatic carbocycles. The quantitative estimate of drug-likeness (QED) is 0.234. The van der Waals surface area contributed by atoms with Crippen LogP contribution in [0.25, 0.3) is 0 Å². The van der Waals surface area contributed by atoms with Gasteiger partial charge in [0.1, 0.15) is 0 Å². The average molecular weight is 464 g/mol. The monoisotopic (exact) mass is 463 g/mol. The molecule has 1 aromatic heterocycles. The standard InChI is InChI=1S/C21H25N3O7S/c1-21(19(27)22-29,32(2,30)31)7-8-23-11-15-9-14(10-24(15)20(23)28)5-3-4-6-16-17(12-25)18(16)13-26/h9-10,16-18,25-26,29H,7-8,11-13H2,1-2H3,(H,22,27)/t16?,17-,18+,21?. The molecule has 4 N–H and O–H groups in total. The molecule has 1 fully saturated rings. The summed E-state index contributed by atoms with van der Waals surface area (Å²) in [5, 5.41) is 27.2. The van der Waals surface area contributed by atoms with E-state index in [0.29, 0.717) is 11.3 Å². The van der Waals surface area contributed by atoms with Gasteiger partial charge in [-0.15, -0.1) is 0 Å². The Morgan fingerprint density at radius 1 is 1.28 bits per heavy atom. The molecule has 4 atom stereocenters. The van der Waals surface area contributed by atoms with E-state index in [4.69, 9.17) is 5.21 Å². The normalized spacial score (nSPS) is 23.3. The number of carbonyl (C=O) groups excluding carboxylic acids is 2. The summed E-state index contributed by atoms with van der Waals surface area (Å²) in [4.78, 5) is 26.0. The molecule has 3 rings (SSSR count). The van der Waals surface area contributed by atoms with Crippen molar-refractivity contribution in [2.24, 2.45) is 17.8 Å². The van der Waals surface area contributed by atoms with Gasteiger partial charge in [0, 0.05) is 61.2 Å². The number of aromatic nitrogens is 1. The second kappa shape index (κ2) is 8.96. The summed E-state index contributed by atoms with van der Waals surface area (Å²) in [6, 6.07) is 1.36. The first kappa shape index (κ1) is 23.8. The van der Waals surface area contributed by atoms with Crippen LogP contribution in [0.4, 0.5) is 4.79 Å². The van der Waals surface area contributed by atoms with Gasteiger partial charge < -0.3 is 15.1 Å². The molecule has 2 aliphatic rings. The lowest BCUT2D eigenvalue weighted by molar-refractivity contribution is -0.131. The minimum Gasteiger partial charge on any atom is -0.396 e. The van der Waals surface area contributed by atoms with Crippen LogP contribution in [0, 0.1) is 41.4 Å². The van der Waals surface area contributed by atoms with Crippen molar-refractivity contribution < 1.29 is 33.4 Å². The van der Waals surface area contributed by atoms with E-state index < -0.39 is 20.5 Å². The van der Waals surface area contributed by atoms with E-state index in [1.54, 1.807) is 12.3 Å². The van der Waals surface area contributed by atoms with E-state index in [1.165, 1.54) is 21.9 Å². The maximum absolute atomic E-state index is 12.6. The van der Waals surface area contributed by atoms with Crippen molar-refractivity contribution in [1.82, 2.24) is 14.9 Å². The van der Waals surface area contributed by atoms with Crippen molar-refractivity contribution >= 4 is 21.8 Å². The first-order valence-corrected chi connectivity index (χ1v) is 11.8. The molecule has 0 bridgehead atoms. The van der Waals surface area contributed by atoms with E-state index in [0.717, 1.165) is 6.26 Å². The van der Waals surface area contributed by atoms with Gasteiger partial charge in [0.15, 0.2) is 14.6 Å². The third-order valence-electron chi connectivity index (χ3n) is 6.25. The summed E-state index contributed by atoms with van der Waals surface area (Å²) in [7, 11) is -3.85. The van der Waals surface area contributed by atoms with Gasteiger partial charge in [-0.2, -0.15) is 0 Å². The molecule has 32 heavy (non-hydrogen) atoms. The number of fused-ring (bicyclic) bond motifs is 1. The molecule has 1 aliphatic heterocycles. The fourth-order valence-corrected chi connectivity index (χ4v) is 4.62. The zero-order valence-electron chi connectivity index (χ0n) is 17.7. The zero-order valence-corrected chi connectivity index (χ0v) is 18.5. The van der Waals surface area contributed by atoms with Crippen molar-refractivity contribution in [2.75, 3.05) is 26.0 Å². The maximum atomic E-state index is 12.6. The Labute approximate surface area is 186 Å². The largest absolute Gasteiger partial charge is 0.396 e. The average Bonchev–Trinajstić information content (AvgIpc) is 3.16. The Morgan fingerprint density at radius 2 is 1.94 bits per heavy atom. The summed E-state index contributed by atoms with van der Waals surface area (Å²) in [5.74, 6) is 10.1. The van der Waals surface area contributed by atoms with Gasteiger partial charge in [0.25, 0.3) is 5.91 Å². The molecule has 172 valence electrons. The number of hydrogen-bond acceptors (Lipinski definition) is 7. The molecule has 0 saturated heterocycles. The van der Waals surface area contributed by atoms with Crippen LogP contribution < -0.4 is 5.48 Å². The fraction of sp³-hybridized carbons (Fsp3) is 0.524. The lowest BCUT2D eigenvalue weighted by Gasteiger charge is -2.27. The number of hydroxylamine groups is 1. The molecule has 2 heterocycles. The predicted octanol–water partition coefficient (Wildman–Crippen LogP) is -0.828. The summed E-state index contributed by atoms with van der Waals surface area (Å²) in [6.07, 6.45) is 2.29. The zero-order chi connectivity index (χ0) is 23.7. The van der Waals surface area contributed by atoms with Crippen LogP contribution in [-0.4, -0.2) is 76.0 Å². The second-order valence-corrected chi connectivity index (χ2v) is 10.7. The second-order valence-electron chi connectivity index (χ2n) is 8.23. The van der Waals surface area contributed by atoms with Crippen molar-refractivity contribution in [2.45, 2.75) is 24.6 Å². The third kappa shape index (κ3) is 4.38. The highest BCUT2D eigenvalue weighted by molar-refractivity contribution is 7.92. The number of nitrogens with zero attached hydrogens (tertiary/aromatic N) is 2. The predicted molar refractivity (Wildman–Crippen MR) is 113 cm³/mol. The number of nitrogens with one attached hydrogen (secondary N) is 1. The Morgan fingerprint density at radius 3 is 2.47 bits per heavy atom. The van der Waals surface area contributed by atoms with E-state index in [-0.39, 0.29) is 56.5 Å². The van der Waals surface area contributed by atoms with Crippen molar-refractivity contribution in [3.05, 3.63) is 23.5 Å². The molecular formula is C21H25N3O7S. The molecular weight excluding hydrogens is 438 g/mol. The van der Waals surface area contributed by atoms with E-state index in [2.05, 4.69) is 23.7 Å². The highest BCUT2D eigenvalue weighted by atomic mass is 32.2. The van der Waals surface area contributed by atoms with Crippen LogP contribution in [0.15, 0.2) is 12.3 Å². The maximum Gasteiger partial charge on any atom is 0.328 e. The van der Waals surface area contributed by atoms with Gasteiger partial charge >= 0.3 is 6.03 Å². The molecule has 2 amide bonds. The summed E-state index contributed by atoms with van der Waals surface area (Å²) in [6.45, 7) is 1.40. The first-order valence-electron chi connectivity index (χ1n) is 9.95. The molecule has 0 spiro atoms. The van der Waals surface area contributed by atoms with Gasteiger partial charge in [0.05, 0.1) is 6.54 Å². The lowest BCUT2D eigenvalue weighted by atomic mass is 10.1. The van der Waals surface area contributed by atoms with Crippen LogP contribution in [-0.2, 0) is 21.2 Å². The Bertz CT molecular complexity index is 1140. The van der Waals surface area contributed by atoms with Gasteiger partial charge in [-0.1, -0.05) is 11.8 Å². The topological polar surface area (TPSA) is 149 Å². The van der Waals surface area contributed by atoms with Crippen LogP contribution >= 0.6 is 0 Å². The number of rotatable bonds is 7. The minimum absolute atomic E-state index is 0.00340. The van der Waals surface area contributed by atoms with Crippen LogP contribution in [0.1, 0.15) is 24.6 Å². The lowest BCUT2D eigenvalue weighted by Crippen LogP contribution is -2.50. The summed E-state index contributed by atoms with van der Waals surface area (Å²) < 4.78 is 23.7. The van der Waals surface area contributed by atoms with Crippen LogP contribution in [0.5, 0.6) is 0 Å². The molecule has 1 aromatic rings. The van der Waals surface area contributed by atoms with E-state index in [1.807, 2.05) is 0 Å². The fourth-order valence-electron chi connectivity index (χ4n) is 3.78. The minimum atomic E-state index is -3.85. The Balaban J connectivity index is 1.63. The molecule has 0 radical (unpaired) electrons. The molecule has 1 saturated carbocycles. The number of aliphatic hydroxyl groups is 2. The smallest absolute Gasteiger partial charge is 0.328 e. The van der Waals surface area contributed by atoms with Gasteiger partial charge in [0.2, 0.25) is 0 Å². The number of aliphatic hydroxyl groups excluding tert-OH is 2. The summed E-state index contributed by atoms with van der Waals surface area (Å²) >= 11 is 0. The Kier molecular flexibility index (Phi) is 6.67. The van der Waals surface area contributed by atoms with Crippen molar-refractivity contribution in [3.63, 3.8) is 0 Å². The first-order chi connectivity index (χ1) is 15.1. The van der Waals surface area contributed by atoms with Crippen molar-refractivity contribution in [3.8, 4) is 23.7 Å². The van der Waals surface area contributed by atoms with Crippen LogP contribution in [0.3, 0.4) is 0 Å². The molecule has 2 unspecified atom stereocenters. The summed E-state index contributed by atoms with van der Waals surface area (Å²) in [5.41, 5.74) is 2.65. The number of amides is 2. The van der Waals surface area contributed by atoms with Gasteiger partial charge in [-0.25, -0.2) is 18.7 Å². The van der Waals surface area contributed by atoms with Crippen molar-refractivity contribution in [1.29, 1.82) is 0 Å². The number of hydrogen-bond donors (Lipinski definition) is 4. The molecule has 10 nitrogen and oxygen atoms in total. The SMILES string of the molecule is CC(CCN1Cc2cc(C#CC#CC3[C@@H](CO)[C@H]3CO)cn2C1=O)(C(=O)NO)S(C)(=O)=O. The highest BCUT2D eigenvalue weighted by Crippen LogP contribution is 2.44.